The van der Waals surface area contributed by atoms with Gasteiger partial charge in [-0.25, -0.2) is 4.39 Å². The molecule has 0 spiro atoms. The van der Waals surface area contributed by atoms with E-state index in [0.717, 1.165) is 44.9 Å². The van der Waals surface area contributed by atoms with Crippen molar-refractivity contribution in [3.63, 3.8) is 0 Å². The Labute approximate surface area is 188 Å². The maximum Gasteiger partial charge on any atom is 0.297 e. The number of halogens is 1. The highest BCUT2D eigenvalue weighted by molar-refractivity contribution is 7.86. The molecule has 0 radical (unpaired) electrons. The van der Waals surface area contributed by atoms with Gasteiger partial charge in [-0.05, 0) is 37.5 Å². The van der Waals surface area contributed by atoms with Crippen LogP contribution in [0.2, 0.25) is 0 Å². The van der Waals surface area contributed by atoms with Crippen molar-refractivity contribution in [2.45, 2.75) is 149 Å². The molecule has 0 rings (SSSR count). The molecule has 0 N–H and O–H groups in total. The molecule has 30 heavy (non-hydrogen) atoms. The van der Waals surface area contributed by atoms with Crippen LogP contribution in [0.25, 0.3) is 0 Å². The molecule has 0 amide bonds. The number of alkyl halides is 1. The summed E-state index contributed by atoms with van der Waals surface area (Å²) in [5, 5.41) is 0. The van der Waals surface area contributed by atoms with E-state index in [1.54, 1.807) is 0 Å². The average Bonchev–Trinajstić information content (AvgIpc) is 2.70. The number of unbranched alkanes of at least 4 members (excludes halogenated alkanes) is 8. The second kappa shape index (κ2) is 16.5. The molecule has 0 aromatic carbocycles. The van der Waals surface area contributed by atoms with Gasteiger partial charge in [0.25, 0.3) is 10.1 Å². The molecule has 0 aliphatic heterocycles. The smallest absolute Gasteiger partial charge is 0.261 e. The molecule has 0 aliphatic carbocycles. The van der Waals surface area contributed by atoms with E-state index in [4.69, 9.17) is 4.18 Å². The summed E-state index contributed by atoms with van der Waals surface area (Å²) in [5.41, 5.74) is -0.242. The van der Waals surface area contributed by atoms with Crippen LogP contribution in [0.4, 0.5) is 4.39 Å². The summed E-state index contributed by atoms with van der Waals surface area (Å²) in [6, 6.07) is -1.43. The van der Waals surface area contributed by atoms with Gasteiger partial charge in [-0.2, -0.15) is 8.42 Å². The zero-order valence-electron chi connectivity index (χ0n) is 20.7. The fraction of sp³-hybridized carbons (Fsp3) is 1.00. The van der Waals surface area contributed by atoms with Crippen LogP contribution in [-0.4, -0.2) is 20.0 Å². The normalized spacial score (nSPS) is 13.1. The van der Waals surface area contributed by atoms with E-state index in [0.29, 0.717) is 18.3 Å². The van der Waals surface area contributed by atoms with Crippen molar-refractivity contribution >= 4 is 10.1 Å². The second-order valence-corrected chi connectivity index (χ2v) is 11.5. The van der Waals surface area contributed by atoms with Crippen molar-refractivity contribution in [2.75, 3.05) is 6.01 Å². The van der Waals surface area contributed by atoms with Crippen LogP contribution in [0.15, 0.2) is 0 Å². The SMILES string of the molecule is CCCCC(C)(C)CCCCCCCCC(CCCC)(CCCC)OS(=O)(=O)CF. The van der Waals surface area contributed by atoms with Crippen LogP contribution < -0.4 is 0 Å². The molecule has 0 aromatic heterocycles. The predicted octanol–water partition coefficient (Wildman–Crippen LogP) is 8.72. The molecule has 5 heteroatoms. The Morgan fingerprint density at radius 2 is 1.00 bits per heavy atom. The van der Waals surface area contributed by atoms with Crippen LogP contribution in [0.1, 0.15) is 144 Å². The first kappa shape index (κ1) is 29.8. The molecule has 0 bridgehead atoms. The maximum atomic E-state index is 12.9. The van der Waals surface area contributed by atoms with Crippen LogP contribution in [0, 0.1) is 5.41 Å². The monoisotopic (exact) mass is 450 g/mol. The molecule has 0 aliphatic rings. The van der Waals surface area contributed by atoms with E-state index in [9.17, 15) is 12.8 Å². The fourth-order valence-electron chi connectivity index (χ4n) is 4.33. The number of hydrogen-bond acceptors (Lipinski definition) is 3. The molecule has 0 saturated heterocycles. The lowest BCUT2D eigenvalue weighted by Crippen LogP contribution is -2.36. The minimum atomic E-state index is -4.08. The summed E-state index contributed by atoms with van der Waals surface area (Å²) < 4.78 is 42.2. The molecule has 0 saturated carbocycles. The highest BCUT2D eigenvalue weighted by Crippen LogP contribution is 2.34. The lowest BCUT2D eigenvalue weighted by Gasteiger charge is -2.33. The van der Waals surface area contributed by atoms with Crippen molar-refractivity contribution in [1.29, 1.82) is 0 Å². The van der Waals surface area contributed by atoms with Crippen molar-refractivity contribution in [1.82, 2.24) is 0 Å². The average molecular weight is 451 g/mol. The molecule has 0 heterocycles. The van der Waals surface area contributed by atoms with Crippen LogP contribution in [0.5, 0.6) is 0 Å². The summed E-state index contributed by atoms with van der Waals surface area (Å²) >= 11 is 0. The predicted molar refractivity (Wildman–Crippen MR) is 128 cm³/mol. The summed E-state index contributed by atoms with van der Waals surface area (Å²) in [5.74, 6) is 0. The molecule has 0 aromatic rings. The van der Waals surface area contributed by atoms with Gasteiger partial charge in [-0.15, -0.1) is 0 Å². The molecular weight excluding hydrogens is 399 g/mol. The Hall–Kier alpha value is -0.160. The minimum absolute atomic E-state index is 0.466. The lowest BCUT2D eigenvalue weighted by atomic mass is 9.82. The first-order valence-electron chi connectivity index (χ1n) is 12.6. The number of hydrogen-bond donors (Lipinski definition) is 0. The van der Waals surface area contributed by atoms with Gasteiger partial charge < -0.3 is 0 Å². The van der Waals surface area contributed by atoms with Crippen molar-refractivity contribution in [2.24, 2.45) is 5.41 Å². The Kier molecular flexibility index (Phi) is 16.4. The zero-order chi connectivity index (χ0) is 22.9. The topological polar surface area (TPSA) is 43.4 Å². The summed E-state index contributed by atoms with van der Waals surface area (Å²) in [6.45, 7) is 11.2. The fourth-order valence-corrected chi connectivity index (χ4v) is 5.16. The van der Waals surface area contributed by atoms with E-state index in [-0.39, 0.29) is 0 Å². The Morgan fingerprint density at radius 3 is 1.47 bits per heavy atom. The third kappa shape index (κ3) is 14.8. The molecule has 0 fully saturated rings. The maximum absolute atomic E-state index is 12.9. The van der Waals surface area contributed by atoms with Crippen molar-refractivity contribution < 1.29 is 17.0 Å². The molecule has 0 unspecified atom stereocenters. The lowest BCUT2D eigenvalue weighted by molar-refractivity contribution is 0.0397. The van der Waals surface area contributed by atoms with Gasteiger partial charge in [0.05, 0.1) is 5.60 Å². The third-order valence-electron chi connectivity index (χ3n) is 6.35. The molecule has 0 atom stereocenters. The quantitative estimate of drug-likeness (QED) is 0.130. The highest BCUT2D eigenvalue weighted by Gasteiger charge is 2.35. The van der Waals surface area contributed by atoms with Crippen LogP contribution >= 0.6 is 0 Å². The van der Waals surface area contributed by atoms with Gasteiger partial charge in [-0.1, -0.05) is 112 Å². The first-order valence-corrected chi connectivity index (χ1v) is 14.2. The van der Waals surface area contributed by atoms with Gasteiger partial charge in [-0.3, -0.25) is 4.18 Å². The first-order chi connectivity index (χ1) is 14.2. The van der Waals surface area contributed by atoms with Gasteiger partial charge in [0.1, 0.15) is 0 Å². The Bertz CT molecular complexity index is 495. The minimum Gasteiger partial charge on any atom is -0.261 e. The Morgan fingerprint density at radius 1 is 0.633 bits per heavy atom. The van der Waals surface area contributed by atoms with E-state index >= 15 is 0 Å². The molecule has 182 valence electrons. The van der Waals surface area contributed by atoms with Crippen LogP contribution in [-0.2, 0) is 14.3 Å². The highest BCUT2D eigenvalue weighted by atomic mass is 32.2. The standard InChI is InChI=1S/C25H51FO3S/c1-6-9-18-24(4,5)19-16-14-12-13-15-17-22-25(20-10-7-2,21-11-8-3)29-30(27,28)23-26/h6-23H2,1-5H3. The third-order valence-corrected chi connectivity index (χ3v) is 7.23. The van der Waals surface area contributed by atoms with E-state index in [1.807, 2.05) is 0 Å². The number of rotatable bonds is 21. The summed E-state index contributed by atoms with van der Waals surface area (Å²) in [7, 11) is -4.08. The van der Waals surface area contributed by atoms with E-state index in [2.05, 4.69) is 34.6 Å². The van der Waals surface area contributed by atoms with E-state index < -0.39 is 21.7 Å². The van der Waals surface area contributed by atoms with Crippen molar-refractivity contribution in [3.8, 4) is 0 Å². The van der Waals surface area contributed by atoms with E-state index in [1.165, 1.54) is 51.4 Å². The van der Waals surface area contributed by atoms with Crippen LogP contribution in [0.3, 0.4) is 0 Å². The summed E-state index contributed by atoms with van der Waals surface area (Å²) in [6.07, 6.45) is 18.2. The second-order valence-electron chi connectivity index (χ2n) is 10.0. The van der Waals surface area contributed by atoms with Gasteiger partial charge in [0.15, 0.2) is 0 Å². The van der Waals surface area contributed by atoms with Gasteiger partial charge in [0.2, 0.25) is 6.01 Å². The van der Waals surface area contributed by atoms with Gasteiger partial charge in [0, 0.05) is 0 Å². The largest absolute Gasteiger partial charge is 0.297 e. The molecule has 3 nitrogen and oxygen atoms in total. The zero-order valence-corrected chi connectivity index (χ0v) is 21.6. The Balaban J connectivity index is 4.43. The van der Waals surface area contributed by atoms with Gasteiger partial charge >= 0.3 is 0 Å². The summed E-state index contributed by atoms with van der Waals surface area (Å²) in [4.78, 5) is 0. The van der Waals surface area contributed by atoms with Crippen molar-refractivity contribution in [3.05, 3.63) is 0 Å². The molecular formula is C25H51FO3S.